The summed E-state index contributed by atoms with van der Waals surface area (Å²) in [7, 11) is 0. The number of nitrogens with zero attached hydrogens (tertiary/aromatic N) is 1. The van der Waals surface area contributed by atoms with Crippen LogP contribution in [-0.2, 0) is 4.79 Å². The summed E-state index contributed by atoms with van der Waals surface area (Å²) in [5, 5.41) is 13.5. The van der Waals surface area contributed by atoms with E-state index in [9.17, 15) is 9.90 Å². The van der Waals surface area contributed by atoms with Gasteiger partial charge in [0.2, 0.25) is 5.91 Å². The molecular formula is C17H30N2O2. The third-order valence-electron chi connectivity index (χ3n) is 5.63. The highest BCUT2D eigenvalue weighted by molar-refractivity contribution is 5.89. The quantitative estimate of drug-likeness (QED) is 0.840. The van der Waals surface area contributed by atoms with E-state index < -0.39 is 0 Å². The van der Waals surface area contributed by atoms with Gasteiger partial charge in [0.05, 0.1) is 17.8 Å². The molecule has 1 amide bonds. The van der Waals surface area contributed by atoms with Gasteiger partial charge in [-0.1, -0.05) is 26.7 Å². The summed E-state index contributed by atoms with van der Waals surface area (Å²) in [6.07, 6.45) is 9.04. The number of carbonyl (C=O) groups is 1. The largest absolute Gasteiger partial charge is 0.393 e. The molecule has 1 atom stereocenters. The van der Waals surface area contributed by atoms with Gasteiger partial charge in [-0.05, 0) is 50.9 Å². The Hall–Kier alpha value is -0.610. The van der Waals surface area contributed by atoms with Crippen LogP contribution in [0.1, 0.15) is 71.6 Å². The van der Waals surface area contributed by atoms with Crippen molar-refractivity contribution in [3.05, 3.63) is 0 Å². The third-order valence-corrected chi connectivity index (χ3v) is 5.63. The summed E-state index contributed by atoms with van der Waals surface area (Å²) >= 11 is 0. The zero-order valence-electron chi connectivity index (χ0n) is 13.5. The van der Waals surface area contributed by atoms with Gasteiger partial charge in [-0.25, -0.2) is 0 Å². The smallest absolute Gasteiger partial charge is 0.244 e. The Kier molecular flexibility index (Phi) is 4.28. The van der Waals surface area contributed by atoms with Gasteiger partial charge in [0.25, 0.3) is 0 Å². The van der Waals surface area contributed by atoms with Crippen LogP contribution < -0.4 is 5.32 Å². The van der Waals surface area contributed by atoms with Crippen molar-refractivity contribution in [2.24, 2.45) is 5.92 Å². The number of aliphatic hydroxyl groups excluding tert-OH is 1. The monoisotopic (exact) mass is 294 g/mol. The maximum absolute atomic E-state index is 13.1. The predicted molar refractivity (Wildman–Crippen MR) is 82.7 cm³/mol. The molecule has 3 rings (SSSR count). The fourth-order valence-electron chi connectivity index (χ4n) is 4.55. The summed E-state index contributed by atoms with van der Waals surface area (Å²) < 4.78 is 0. The normalized spacial score (nSPS) is 36.1. The van der Waals surface area contributed by atoms with Crippen LogP contribution in [0.25, 0.3) is 0 Å². The Morgan fingerprint density at radius 2 is 1.86 bits per heavy atom. The van der Waals surface area contributed by atoms with Crippen LogP contribution in [0.15, 0.2) is 0 Å². The van der Waals surface area contributed by atoms with Gasteiger partial charge in [0.1, 0.15) is 0 Å². The minimum Gasteiger partial charge on any atom is -0.393 e. The topological polar surface area (TPSA) is 52.6 Å². The van der Waals surface area contributed by atoms with E-state index in [0.717, 1.165) is 44.9 Å². The molecule has 1 heterocycles. The molecule has 1 aliphatic heterocycles. The van der Waals surface area contributed by atoms with E-state index >= 15 is 0 Å². The Morgan fingerprint density at radius 1 is 1.24 bits per heavy atom. The van der Waals surface area contributed by atoms with Crippen LogP contribution in [0.2, 0.25) is 0 Å². The first-order valence-electron chi connectivity index (χ1n) is 8.80. The highest BCUT2D eigenvalue weighted by atomic mass is 16.3. The van der Waals surface area contributed by atoms with E-state index in [-0.39, 0.29) is 17.8 Å². The number of aliphatic hydroxyl groups is 1. The zero-order chi connectivity index (χ0) is 15.0. The van der Waals surface area contributed by atoms with Crippen LogP contribution in [-0.4, -0.2) is 39.8 Å². The molecule has 3 fully saturated rings. The van der Waals surface area contributed by atoms with E-state index in [1.165, 1.54) is 12.8 Å². The van der Waals surface area contributed by atoms with Gasteiger partial charge in [0, 0.05) is 6.04 Å². The number of carbonyl (C=O) groups excluding carboxylic acids is 1. The van der Waals surface area contributed by atoms with Crippen molar-refractivity contribution in [1.82, 2.24) is 10.2 Å². The fraction of sp³-hybridized carbons (Fsp3) is 0.941. The van der Waals surface area contributed by atoms with Crippen molar-refractivity contribution in [3.63, 3.8) is 0 Å². The van der Waals surface area contributed by atoms with Gasteiger partial charge in [-0.3, -0.25) is 10.1 Å². The maximum Gasteiger partial charge on any atom is 0.244 e. The molecule has 0 aromatic carbocycles. The molecule has 0 radical (unpaired) electrons. The second-order valence-corrected chi connectivity index (χ2v) is 7.75. The molecule has 4 nitrogen and oxygen atoms in total. The van der Waals surface area contributed by atoms with Crippen molar-refractivity contribution in [1.29, 1.82) is 0 Å². The summed E-state index contributed by atoms with van der Waals surface area (Å²) in [4.78, 5) is 15.3. The number of hydrogen-bond acceptors (Lipinski definition) is 3. The number of amides is 1. The molecule has 1 spiro atoms. The Labute approximate surface area is 128 Å². The summed E-state index contributed by atoms with van der Waals surface area (Å²) in [6.45, 7) is 4.46. The molecule has 120 valence electrons. The molecule has 21 heavy (non-hydrogen) atoms. The van der Waals surface area contributed by atoms with E-state index in [0.29, 0.717) is 17.9 Å². The highest BCUT2D eigenvalue weighted by Crippen LogP contribution is 2.40. The van der Waals surface area contributed by atoms with Gasteiger partial charge >= 0.3 is 0 Å². The van der Waals surface area contributed by atoms with Crippen LogP contribution >= 0.6 is 0 Å². The van der Waals surface area contributed by atoms with Gasteiger partial charge in [0.15, 0.2) is 0 Å². The number of rotatable bonds is 3. The second-order valence-electron chi connectivity index (χ2n) is 7.75. The second kappa shape index (κ2) is 5.88. The molecule has 2 N–H and O–H groups in total. The van der Waals surface area contributed by atoms with Crippen molar-refractivity contribution in [2.45, 2.75) is 95.5 Å². The fourth-order valence-corrected chi connectivity index (χ4v) is 4.55. The molecule has 3 aliphatic rings. The molecule has 1 unspecified atom stereocenters. The standard InChI is InChI=1S/C17H30N2O2/c1-12(2)11-15-18-17(9-3-4-10-17)16(21)19(15)13-5-7-14(20)8-6-13/h12-15,18,20H,3-11H2,1-2H3. The Balaban J connectivity index is 1.78. The summed E-state index contributed by atoms with van der Waals surface area (Å²) in [5.74, 6) is 0.940. The molecular weight excluding hydrogens is 264 g/mol. The first-order valence-corrected chi connectivity index (χ1v) is 8.80. The Morgan fingerprint density at radius 3 is 2.43 bits per heavy atom. The van der Waals surface area contributed by atoms with E-state index in [1.54, 1.807) is 0 Å². The third kappa shape index (κ3) is 2.85. The van der Waals surface area contributed by atoms with Crippen molar-refractivity contribution < 1.29 is 9.90 Å². The molecule has 2 aliphatic carbocycles. The zero-order valence-corrected chi connectivity index (χ0v) is 13.5. The lowest BCUT2D eigenvalue weighted by Gasteiger charge is -2.37. The van der Waals surface area contributed by atoms with Gasteiger partial charge in [-0.2, -0.15) is 0 Å². The Bertz CT molecular complexity index is 382. The van der Waals surface area contributed by atoms with Crippen LogP contribution in [0.5, 0.6) is 0 Å². The number of hydrogen-bond donors (Lipinski definition) is 2. The van der Waals surface area contributed by atoms with Crippen LogP contribution in [0.3, 0.4) is 0 Å². The van der Waals surface area contributed by atoms with Crippen molar-refractivity contribution >= 4 is 5.91 Å². The van der Waals surface area contributed by atoms with Crippen molar-refractivity contribution in [2.75, 3.05) is 0 Å². The molecule has 0 bridgehead atoms. The molecule has 0 aromatic rings. The molecule has 2 saturated carbocycles. The lowest BCUT2D eigenvalue weighted by molar-refractivity contribution is -0.136. The van der Waals surface area contributed by atoms with Crippen molar-refractivity contribution in [3.8, 4) is 0 Å². The first kappa shape index (κ1) is 15.3. The minimum absolute atomic E-state index is 0.157. The van der Waals surface area contributed by atoms with Crippen LogP contribution in [0, 0.1) is 5.92 Å². The number of nitrogens with one attached hydrogen (secondary N) is 1. The van der Waals surface area contributed by atoms with Crippen LogP contribution in [0.4, 0.5) is 0 Å². The molecule has 4 heteroatoms. The SMILES string of the molecule is CC(C)CC1NC2(CCCC2)C(=O)N1C1CCC(O)CC1. The predicted octanol–water partition coefficient (Wildman–Crippen LogP) is 2.41. The lowest BCUT2D eigenvalue weighted by atomic mass is 9.90. The van der Waals surface area contributed by atoms with Gasteiger partial charge < -0.3 is 10.0 Å². The lowest BCUT2D eigenvalue weighted by Crippen LogP contribution is -2.47. The molecule has 1 saturated heterocycles. The highest BCUT2D eigenvalue weighted by Gasteiger charge is 2.53. The van der Waals surface area contributed by atoms with E-state index in [4.69, 9.17) is 0 Å². The maximum atomic E-state index is 13.1. The summed E-state index contributed by atoms with van der Waals surface area (Å²) in [5.41, 5.74) is -0.254. The average molecular weight is 294 g/mol. The van der Waals surface area contributed by atoms with E-state index in [1.807, 2.05) is 0 Å². The van der Waals surface area contributed by atoms with E-state index in [2.05, 4.69) is 24.1 Å². The minimum atomic E-state index is -0.254. The average Bonchev–Trinajstić information content (AvgIpc) is 2.99. The summed E-state index contributed by atoms with van der Waals surface area (Å²) in [6, 6.07) is 0.331. The molecule has 0 aromatic heterocycles. The first-order chi connectivity index (χ1) is 10.0. The van der Waals surface area contributed by atoms with Gasteiger partial charge in [-0.15, -0.1) is 0 Å².